The van der Waals surface area contributed by atoms with Crippen LogP contribution in [0.5, 0.6) is 0 Å². The fourth-order valence-electron chi connectivity index (χ4n) is 1.32. The van der Waals surface area contributed by atoms with Gasteiger partial charge in [0.05, 0.1) is 12.3 Å². The van der Waals surface area contributed by atoms with Crippen LogP contribution in [0.25, 0.3) is 0 Å². The number of hydrogen-bond acceptors (Lipinski definition) is 2. The zero-order valence-corrected chi connectivity index (χ0v) is 6.71. The van der Waals surface area contributed by atoms with Crippen molar-refractivity contribution in [2.75, 3.05) is 6.61 Å². The molecule has 0 spiro atoms. The Kier molecular flexibility index (Phi) is 1.66. The van der Waals surface area contributed by atoms with Crippen LogP contribution in [0, 0.1) is 0 Å². The highest BCUT2D eigenvalue weighted by atomic mass is 16.5. The smallest absolute Gasteiger partial charge is 0.135 e. The predicted molar refractivity (Wildman–Crippen MR) is 41.3 cm³/mol. The molecule has 0 fully saturated rings. The predicted octanol–water partition coefficient (Wildman–Crippen LogP) is 0.976. The van der Waals surface area contributed by atoms with Crippen molar-refractivity contribution in [2.24, 2.45) is 0 Å². The first-order valence-corrected chi connectivity index (χ1v) is 4.03. The Hall–Kier alpha value is -0.830. The van der Waals surface area contributed by atoms with E-state index in [2.05, 4.69) is 22.7 Å². The normalized spacial score (nSPS) is 16.5. The van der Waals surface area contributed by atoms with Gasteiger partial charge in [-0.3, -0.25) is 0 Å². The molecule has 3 nitrogen and oxygen atoms in total. The van der Waals surface area contributed by atoms with Gasteiger partial charge in [-0.1, -0.05) is 6.92 Å². The lowest BCUT2D eigenvalue weighted by atomic mass is 10.4. The van der Waals surface area contributed by atoms with E-state index in [-0.39, 0.29) is 0 Å². The molecule has 0 saturated heterocycles. The van der Waals surface area contributed by atoms with Gasteiger partial charge < -0.3 is 9.30 Å². The van der Waals surface area contributed by atoms with E-state index >= 15 is 0 Å². The molecular formula is C8H12N2O. The summed E-state index contributed by atoms with van der Waals surface area (Å²) in [5.74, 6) is 1.08. The molecule has 2 heterocycles. The van der Waals surface area contributed by atoms with Crippen LogP contribution in [-0.2, 0) is 24.3 Å². The number of aryl methyl sites for hydroxylation is 1. The van der Waals surface area contributed by atoms with Crippen molar-refractivity contribution >= 4 is 0 Å². The van der Waals surface area contributed by atoms with Gasteiger partial charge in [-0.15, -0.1) is 0 Å². The van der Waals surface area contributed by atoms with E-state index in [1.165, 1.54) is 5.69 Å². The Bertz CT molecular complexity index is 231. The quantitative estimate of drug-likeness (QED) is 0.599. The van der Waals surface area contributed by atoms with Gasteiger partial charge in [-0.25, -0.2) is 4.98 Å². The molecule has 1 aliphatic rings. The fourth-order valence-corrected chi connectivity index (χ4v) is 1.32. The Morgan fingerprint density at radius 3 is 3.36 bits per heavy atom. The lowest BCUT2D eigenvalue weighted by Crippen LogP contribution is -2.15. The first kappa shape index (κ1) is 6.85. The van der Waals surface area contributed by atoms with Crippen molar-refractivity contribution in [1.29, 1.82) is 0 Å². The van der Waals surface area contributed by atoms with Crippen molar-refractivity contribution in [1.82, 2.24) is 9.55 Å². The number of fused-ring (bicyclic) bond motifs is 1. The van der Waals surface area contributed by atoms with Gasteiger partial charge in [0, 0.05) is 12.7 Å². The molecule has 0 radical (unpaired) electrons. The van der Waals surface area contributed by atoms with Crippen LogP contribution in [0.3, 0.4) is 0 Å². The number of imidazole rings is 1. The third-order valence-corrected chi connectivity index (χ3v) is 1.98. The molecule has 0 aliphatic carbocycles. The van der Waals surface area contributed by atoms with Crippen molar-refractivity contribution in [2.45, 2.75) is 26.5 Å². The second-order valence-electron chi connectivity index (χ2n) is 2.75. The lowest BCUT2D eigenvalue weighted by molar-refractivity contribution is 0.0816. The third-order valence-electron chi connectivity index (χ3n) is 1.98. The van der Waals surface area contributed by atoms with Gasteiger partial charge in [0.2, 0.25) is 0 Å². The molecule has 2 rings (SSSR count). The Morgan fingerprint density at radius 1 is 1.73 bits per heavy atom. The minimum absolute atomic E-state index is 0.681. The largest absolute Gasteiger partial charge is 0.372 e. The molecule has 0 bridgehead atoms. The molecule has 0 N–H and O–H groups in total. The topological polar surface area (TPSA) is 27.1 Å². The molecule has 1 aromatic heterocycles. The molecule has 0 amide bonds. The summed E-state index contributed by atoms with van der Waals surface area (Å²) < 4.78 is 7.45. The molecule has 0 unspecified atom stereocenters. The average Bonchev–Trinajstić information content (AvgIpc) is 2.46. The van der Waals surface area contributed by atoms with Gasteiger partial charge in [-0.2, -0.15) is 0 Å². The zero-order valence-electron chi connectivity index (χ0n) is 6.71. The standard InChI is InChI=1S/C8H12N2O/c1-2-7-5-10-3-4-11-6-8(10)9-7/h5H,2-4,6H2,1H3. The van der Waals surface area contributed by atoms with Crippen LogP contribution in [0.4, 0.5) is 0 Å². The van der Waals surface area contributed by atoms with Crippen LogP contribution >= 0.6 is 0 Å². The Morgan fingerprint density at radius 2 is 2.64 bits per heavy atom. The molecule has 11 heavy (non-hydrogen) atoms. The van der Waals surface area contributed by atoms with E-state index in [9.17, 15) is 0 Å². The van der Waals surface area contributed by atoms with E-state index < -0.39 is 0 Å². The molecule has 60 valence electrons. The maximum atomic E-state index is 5.27. The summed E-state index contributed by atoms with van der Waals surface area (Å²) in [6.45, 7) is 4.59. The summed E-state index contributed by atoms with van der Waals surface area (Å²) in [7, 11) is 0. The van der Waals surface area contributed by atoms with Crippen molar-refractivity contribution in [3.05, 3.63) is 17.7 Å². The Labute approximate surface area is 66.0 Å². The first-order valence-electron chi connectivity index (χ1n) is 4.03. The van der Waals surface area contributed by atoms with Crippen LogP contribution < -0.4 is 0 Å². The number of nitrogens with zero attached hydrogens (tertiary/aromatic N) is 2. The van der Waals surface area contributed by atoms with Crippen molar-refractivity contribution in [3.8, 4) is 0 Å². The van der Waals surface area contributed by atoms with Gasteiger partial charge >= 0.3 is 0 Å². The summed E-state index contributed by atoms with van der Waals surface area (Å²) in [5, 5.41) is 0. The molecule has 1 aliphatic heterocycles. The van der Waals surface area contributed by atoms with Crippen molar-refractivity contribution < 1.29 is 4.74 Å². The summed E-state index contributed by atoms with van der Waals surface area (Å²) in [5.41, 5.74) is 1.17. The van der Waals surface area contributed by atoms with Gasteiger partial charge in [-0.05, 0) is 6.42 Å². The van der Waals surface area contributed by atoms with Crippen LogP contribution in [-0.4, -0.2) is 16.2 Å². The highest BCUT2D eigenvalue weighted by molar-refractivity contribution is 5.04. The van der Waals surface area contributed by atoms with Crippen LogP contribution in [0.1, 0.15) is 18.4 Å². The molecule has 1 aromatic rings. The molecule has 0 aromatic carbocycles. The molecule has 0 atom stereocenters. The van der Waals surface area contributed by atoms with Crippen LogP contribution in [0.15, 0.2) is 6.20 Å². The maximum absolute atomic E-state index is 5.27. The minimum atomic E-state index is 0.681. The summed E-state index contributed by atoms with van der Waals surface area (Å²) in [6, 6.07) is 0. The monoisotopic (exact) mass is 152 g/mol. The number of aromatic nitrogens is 2. The van der Waals surface area contributed by atoms with Gasteiger partial charge in [0.25, 0.3) is 0 Å². The second kappa shape index (κ2) is 2.66. The minimum Gasteiger partial charge on any atom is -0.372 e. The highest BCUT2D eigenvalue weighted by Gasteiger charge is 2.10. The van der Waals surface area contributed by atoms with Crippen LogP contribution in [0.2, 0.25) is 0 Å². The first-order chi connectivity index (χ1) is 5.40. The summed E-state index contributed by atoms with van der Waals surface area (Å²) in [4.78, 5) is 4.41. The van der Waals surface area contributed by atoms with Gasteiger partial charge in [0.15, 0.2) is 0 Å². The van der Waals surface area contributed by atoms with E-state index in [0.717, 1.165) is 25.4 Å². The van der Waals surface area contributed by atoms with Crippen molar-refractivity contribution in [3.63, 3.8) is 0 Å². The molecule has 0 saturated carbocycles. The average molecular weight is 152 g/mol. The highest BCUT2D eigenvalue weighted by Crippen LogP contribution is 2.09. The van der Waals surface area contributed by atoms with E-state index in [4.69, 9.17) is 4.74 Å². The maximum Gasteiger partial charge on any atom is 0.135 e. The number of rotatable bonds is 1. The molecule has 3 heteroatoms. The Balaban J connectivity index is 2.32. The van der Waals surface area contributed by atoms with E-state index in [1.807, 2.05) is 0 Å². The second-order valence-corrected chi connectivity index (χ2v) is 2.75. The zero-order chi connectivity index (χ0) is 7.68. The molecular weight excluding hydrogens is 140 g/mol. The lowest BCUT2D eigenvalue weighted by Gasteiger charge is -2.13. The van der Waals surface area contributed by atoms with Gasteiger partial charge in [0.1, 0.15) is 12.4 Å². The summed E-state index contributed by atoms with van der Waals surface area (Å²) in [6.07, 6.45) is 3.14. The number of ether oxygens (including phenoxy) is 1. The fraction of sp³-hybridized carbons (Fsp3) is 0.625. The van der Waals surface area contributed by atoms with E-state index in [0.29, 0.717) is 6.61 Å². The van der Waals surface area contributed by atoms with E-state index in [1.54, 1.807) is 0 Å². The SMILES string of the molecule is CCc1cn2c(n1)COCC2. The number of hydrogen-bond donors (Lipinski definition) is 0. The third kappa shape index (κ3) is 1.16. The summed E-state index contributed by atoms with van der Waals surface area (Å²) >= 11 is 0.